The zero-order valence-electron chi connectivity index (χ0n) is 9.42. The third-order valence-electron chi connectivity index (χ3n) is 3.20. The normalized spacial score (nSPS) is 22.7. The van der Waals surface area contributed by atoms with E-state index in [0.717, 1.165) is 38.8 Å². The van der Waals surface area contributed by atoms with Crippen molar-refractivity contribution in [2.24, 2.45) is 0 Å². The van der Waals surface area contributed by atoms with E-state index in [0.29, 0.717) is 13.3 Å². The van der Waals surface area contributed by atoms with Crippen LogP contribution < -0.4 is 5.32 Å². The van der Waals surface area contributed by atoms with Crippen molar-refractivity contribution in [1.82, 2.24) is 10.2 Å². The van der Waals surface area contributed by atoms with Crippen molar-refractivity contribution in [1.29, 1.82) is 0 Å². The fourth-order valence-corrected chi connectivity index (χ4v) is 1.92. The van der Waals surface area contributed by atoms with Crippen LogP contribution in [-0.2, 0) is 9.53 Å². The standard InChI is InChI=1S/C11H20N2O2/c1-2-3-7-15-8-6-13-9-12-11(4-5-11)10(13)14/h12H,2-9H2,1H3. The molecule has 0 radical (unpaired) electrons. The van der Waals surface area contributed by atoms with Crippen molar-refractivity contribution >= 4 is 5.91 Å². The second-order valence-corrected chi connectivity index (χ2v) is 4.45. The van der Waals surface area contributed by atoms with Crippen LogP contribution in [0.5, 0.6) is 0 Å². The van der Waals surface area contributed by atoms with Crippen LogP contribution in [0, 0.1) is 0 Å². The number of amides is 1. The highest BCUT2D eigenvalue weighted by Gasteiger charge is 2.55. The molecule has 1 aliphatic carbocycles. The van der Waals surface area contributed by atoms with Crippen LogP contribution in [0.3, 0.4) is 0 Å². The zero-order chi connectivity index (χ0) is 10.7. The highest BCUT2D eigenvalue weighted by Crippen LogP contribution is 2.39. The van der Waals surface area contributed by atoms with Gasteiger partial charge in [-0.1, -0.05) is 13.3 Å². The van der Waals surface area contributed by atoms with Crippen LogP contribution in [0.25, 0.3) is 0 Å². The van der Waals surface area contributed by atoms with Gasteiger partial charge < -0.3 is 9.64 Å². The zero-order valence-corrected chi connectivity index (χ0v) is 9.42. The van der Waals surface area contributed by atoms with Gasteiger partial charge in [-0.2, -0.15) is 0 Å². The average Bonchev–Trinajstić information content (AvgIpc) is 2.96. The molecule has 15 heavy (non-hydrogen) atoms. The molecule has 1 aliphatic heterocycles. The van der Waals surface area contributed by atoms with Gasteiger partial charge in [0.25, 0.3) is 0 Å². The second-order valence-electron chi connectivity index (χ2n) is 4.45. The lowest BCUT2D eigenvalue weighted by Gasteiger charge is -2.15. The second kappa shape index (κ2) is 4.49. The maximum Gasteiger partial charge on any atom is 0.244 e. The molecule has 1 spiro atoms. The Balaban J connectivity index is 1.62. The predicted molar refractivity (Wildman–Crippen MR) is 57.4 cm³/mol. The summed E-state index contributed by atoms with van der Waals surface area (Å²) in [6, 6.07) is 0. The molecule has 4 heteroatoms. The monoisotopic (exact) mass is 212 g/mol. The van der Waals surface area contributed by atoms with Gasteiger partial charge in [0.05, 0.1) is 18.8 Å². The van der Waals surface area contributed by atoms with Crippen LogP contribution in [0.4, 0.5) is 0 Å². The highest BCUT2D eigenvalue weighted by atomic mass is 16.5. The van der Waals surface area contributed by atoms with E-state index < -0.39 is 0 Å². The molecule has 1 amide bonds. The number of rotatable bonds is 6. The molecule has 1 N–H and O–H groups in total. The number of hydrogen-bond acceptors (Lipinski definition) is 3. The topological polar surface area (TPSA) is 41.6 Å². The minimum absolute atomic E-state index is 0.149. The van der Waals surface area contributed by atoms with Crippen molar-refractivity contribution in [2.75, 3.05) is 26.4 Å². The number of ether oxygens (including phenoxy) is 1. The average molecular weight is 212 g/mol. The minimum Gasteiger partial charge on any atom is -0.380 e. The smallest absolute Gasteiger partial charge is 0.244 e. The molecule has 0 bridgehead atoms. The van der Waals surface area contributed by atoms with E-state index in [1.165, 1.54) is 0 Å². The van der Waals surface area contributed by atoms with E-state index in [-0.39, 0.29) is 11.4 Å². The summed E-state index contributed by atoms with van der Waals surface area (Å²) in [7, 11) is 0. The Hall–Kier alpha value is -0.610. The largest absolute Gasteiger partial charge is 0.380 e. The Morgan fingerprint density at radius 2 is 2.27 bits per heavy atom. The summed E-state index contributed by atoms with van der Waals surface area (Å²) < 4.78 is 5.45. The molecule has 2 fully saturated rings. The van der Waals surface area contributed by atoms with Gasteiger partial charge in [0.15, 0.2) is 0 Å². The SMILES string of the molecule is CCCCOCCN1CNC2(CC2)C1=O. The molecule has 2 aliphatic rings. The van der Waals surface area contributed by atoms with Crippen LogP contribution in [0.15, 0.2) is 0 Å². The molecule has 0 atom stereocenters. The van der Waals surface area contributed by atoms with Gasteiger partial charge in [-0.05, 0) is 19.3 Å². The number of carbonyl (C=O) groups excluding carboxylic acids is 1. The predicted octanol–water partition coefficient (Wildman–Crippen LogP) is 0.725. The van der Waals surface area contributed by atoms with E-state index in [1.54, 1.807) is 0 Å². The summed E-state index contributed by atoms with van der Waals surface area (Å²) in [5, 5.41) is 3.28. The van der Waals surface area contributed by atoms with Crippen LogP contribution >= 0.6 is 0 Å². The van der Waals surface area contributed by atoms with E-state index in [1.807, 2.05) is 4.90 Å². The van der Waals surface area contributed by atoms with E-state index in [2.05, 4.69) is 12.2 Å². The first kappa shape index (κ1) is 10.9. The fraction of sp³-hybridized carbons (Fsp3) is 0.909. The lowest BCUT2D eigenvalue weighted by atomic mass is 10.3. The maximum atomic E-state index is 11.8. The third kappa shape index (κ3) is 2.32. The van der Waals surface area contributed by atoms with Gasteiger partial charge in [0.1, 0.15) is 0 Å². The molecule has 4 nitrogen and oxygen atoms in total. The number of hydrogen-bond donors (Lipinski definition) is 1. The molecule has 1 saturated heterocycles. The molecular formula is C11H20N2O2. The first-order valence-electron chi connectivity index (χ1n) is 5.91. The number of nitrogens with zero attached hydrogens (tertiary/aromatic N) is 1. The van der Waals surface area contributed by atoms with Crippen LogP contribution in [0.2, 0.25) is 0 Å². The molecule has 0 unspecified atom stereocenters. The van der Waals surface area contributed by atoms with E-state index in [9.17, 15) is 4.79 Å². The first-order chi connectivity index (χ1) is 7.28. The lowest BCUT2D eigenvalue weighted by Crippen LogP contribution is -2.34. The molecule has 0 aromatic rings. The minimum atomic E-state index is -0.149. The maximum absolute atomic E-state index is 11.8. The van der Waals surface area contributed by atoms with Crippen LogP contribution in [-0.4, -0.2) is 42.8 Å². The fourth-order valence-electron chi connectivity index (χ4n) is 1.92. The third-order valence-corrected chi connectivity index (χ3v) is 3.20. The van der Waals surface area contributed by atoms with Gasteiger partial charge in [-0.25, -0.2) is 0 Å². The van der Waals surface area contributed by atoms with Crippen molar-refractivity contribution < 1.29 is 9.53 Å². The summed E-state index contributed by atoms with van der Waals surface area (Å²) in [6.07, 6.45) is 4.29. The molecule has 0 aromatic heterocycles. The lowest BCUT2D eigenvalue weighted by molar-refractivity contribution is -0.130. The van der Waals surface area contributed by atoms with Gasteiger partial charge in [-0.15, -0.1) is 0 Å². The van der Waals surface area contributed by atoms with Crippen molar-refractivity contribution in [3.8, 4) is 0 Å². The molecule has 86 valence electrons. The molecule has 2 rings (SSSR count). The number of unbranched alkanes of at least 4 members (excludes halogenated alkanes) is 1. The quantitative estimate of drug-likeness (QED) is 0.660. The molecule has 0 aromatic carbocycles. The summed E-state index contributed by atoms with van der Waals surface area (Å²) in [4.78, 5) is 13.7. The van der Waals surface area contributed by atoms with Crippen molar-refractivity contribution in [2.45, 2.75) is 38.1 Å². The number of carbonyl (C=O) groups is 1. The number of nitrogens with one attached hydrogen (secondary N) is 1. The van der Waals surface area contributed by atoms with Crippen molar-refractivity contribution in [3.05, 3.63) is 0 Å². The molecular weight excluding hydrogens is 192 g/mol. The van der Waals surface area contributed by atoms with Crippen LogP contribution in [0.1, 0.15) is 32.6 Å². The summed E-state index contributed by atoms with van der Waals surface area (Å²) in [6.45, 7) is 5.07. The Bertz CT molecular complexity index is 239. The Morgan fingerprint density at radius 3 is 2.87 bits per heavy atom. The Kier molecular flexibility index (Phi) is 3.26. The molecule has 1 saturated carbocycles. The van der Waals surface area contributed by atoms with Gasteiger partial charge in [0.2, 0.25) is 5.91 Å². The van der Waals surface area contributed by atoms with Gasteiger partial charge in [-0.3, -0.25) is 10.1 Å². The van der Waals surface area contributed by atoms with E-state index in [4.69, 9.17) is 4.74 Å². The Labute approximate surface area is 91.0 Å². The summed E-state index contributed by atoms with van der Waals surface area (Å²) >= 11 is 0. The van der Waals surface area contributed by atoms with E-state index >= 15 is 0 Å². The summed E-state index contributed by atoms with van der Waals surface area (Å²) in [5.74, 6) is 0.279. The van der Waals surface area contributed by atoms with Crippen molar-refractivity contribution in [3.63, 3.8) is 0 Å². The highest BCUT2D eigenvalue weighted by molar-refractivity contribution is 5.91. The molecule has 1 heterocycles. The first-order valence-corrected chi connectivity index (χ1v) is 5.91. The summed E-state index contributed by atoms with van der Waals surface area (Å²) in [5.41, 5.74) is -0.149. The van der Waals surface area contributed by atoms with Gasteiger partial charge >= 0.3 is 0 Å². The van der Waals surface area contributed by atoms with Gasteiger partial charge in [0, 0.05) is 13.2 Å². The Morgan fingerprint density at radius 1 is 1.47 bits per heavy atom.